The highest BCUT2D eigenvalue weighted by molar-refractivity contribution is 6.36. The van der Waals surface area contributed by atoms with E-state index in [1.54, 1.807) is 6.92 Å². The van der Waals surface area contributed by atoms with Crippen molar-refractivity contribution in [2.24, 2.45) is 5.16 Å². The summed E-state index contributed by atoms with van der Waals surface area (Å²) in [6.45, 7) is 2.06. The molecule has 2 N–H and O–H groups in total. The zero-order chi connectivity index (χ0) is 15.4. The molecule has 0 fully saturated rings. The van der Waals surface area contributed by atoms with E-state index in [9.17, 15) is 14.0 Å². The van der Waals surface area contributed by atoms with Crippen LogP contribution in [0.2, 0.25) is 0 Å². The van der Waals surface area contributed by atoms with Crippen molar-refractivity contribution in [1.82, 2.24) is 0 Å². The van der Waals surface area contributed by atoms with Gasteiger partial charge >= 0.3 is 5.97 Å². The van der Waals surface area contributed by atoms with Gasteiger partial charge in [0.05, 0.1) is 6.61 Å². The molecule has 1 heterocycles. The first-order valence-electron chi connectivity index (χ1n) is 6.20. The number of carboxylic acid groups (broad SMARTS) is 1. The van der Waals surface area contributed by atoms with E-state index in [2.05, 4.69) is 10.5 Å². The van der Waals surface area contributed by atoms with Crippen LogP contribution in [0.3, 0.4) is 0 Å². The summed E-state index contributed by atoms with van der Waals surface area (Å²) in [5.41, 5.74) is -0.0126. The van der Waals surface area contributed by atoms with Crippen molar-refractivity contribution < 1.29 is 28.7 Å². The van der Waals surface area contributed by atoms with Gasteiger partial charge in [0, 0.05) is 18.2 Å². The van der Waals surface area contributed by atoms with Crippen molar-refractivity contribution in [3.05, 3.63) is 24.0 Å². The molecule has 21 heavy (non-hydrogen) atoms. The number of aliphatic carboxylic acids is 1. The molecule has 0 saturated carbocycles. The van der Waals surface area contributed by atoms with Crippen molar-refractivity contribution >= 4 is 23.3 Å². The van der Waals surface area contributed by atoms with E-state index in [4.69, 9.17) is 14.7 Å². The molecule has 1 unspecified atom stereocenters. The molecule has 0 bridgehead atoms. The summed E-state index contributed by atoms with van der Waals surface area (Å²) in [5, 5.41) is 14.4. The Morgan fingerprint density at radius 2 is 2.33 bits per heavy atom. The van der Waals surface area contributed by atoms with Gasteiger partial charge in [0.1, 0.15) is 0 Å². The normalized spacial score (nSPS) is 16.9. The van der Waals surface area contributed by atoms with Crippen LogP contribution in [0.25, 0.3) is 0 Å². The predicted octanol–water partition coefficient (Wildman–Crippen LogP) is 1.39. The molecule has 2 rings (SSSR count). The van der Waals surface area contributed by atoms with E-state index < -0.39 is 23.8 Å². The number of rotatable bonds is 5. The lowest BCUT2D eigenvalue weighted by Gasteiger charge is -2.10. The highest BCUT2D eigenvalue weighted by atomic mass is 19.1. The van der Waals surface area contributed by atoms with Crippen LogP contribution in [0, 0.1) is 5.82 Å². The number of nitrogens with one attached hydrogen (secondary N) is 1. The Kier molecular flexibility index (Phi) is 4.36. The fourth-order valence-electron chi connectivity index (χ4n) is 1.72. The van der Waals surface area contributed by atoms with Crippen molar-refractivity contribution in [2.75, 3.05) is 11.9 Å². The maximum absolute atomic E-state index is 13.6. The number of halogens is 1. The number of oxime groups is 1. The molecule has 0 aliphatic carbocycles. The molecular formula is C13H13FN2O5. The molecule has 7 nitrogen and oxygen atoms in total. The smallest absolute Gasteiger partial charge is 0.353 e. The van der Waals surface area contributed by atoms with E-state index in [0.29, 0.717) is 6.61 Å². The second kappa shape index (κ2) is 6.21. The van der Waals surface area contributed by atoms with Gasteiger partial charge in [-0.1, -0.05) is 5.16 Å². The van der Waals surface area contributed by atoms with Crippen LogP contribution in [0.15, 0.2) is 23.4 Å². The monoisotopic (exact) mass is 296 g/mol. The van der Waals surface area contributed by atoms with Crippen LogP contribution in [0.1, 0.15) is 13.3 Å². The molecule has 112 valence electrons. The zero-order valence-corrected chi connectivity index (χ0v) is 11.1. The number of benzene rings is 1. The predicted molar refractivity (Wildman–Crippen MR) is 70.8 cm³/mol. The SMILES string of the molecule is CCOc1ccc(NC(=O)C2CC(C(=O)O)=NO2)cc1F. The summed E-state index contributed by atoms with van der Waals surface area (Å²) in [6.07, 6.45) is -1.17. The van der Waals surface area contributed by atoms with E-state index in [0.717, 1.165) is 6.07 Å². The van der Waals surface area contributed by atoms with Gasteiger partial charge in [0.15, 0.2) is 17.3 Å². The standard InChI is InChI=1S/C13H13FN2O5/c1-2-20-10-4-3-7(5-8(10)14)15-12(17)11-6-9(13(18)19)16-21-11/h3-5,11H,2,6H2,1H3,(H,15,17)(H,18,19). The van der Waals surface area contributed by atoms with Gasteiger partial charge in [-0.2, -0.15) is 0 Å². The second-order valence-electron chi connectivity index (χ2n) is 4.21. The van der Waals surface area contributed by atoms with Gasteiger partial charge in [0.2, 0.25) is 6.10 Å². The molecule has 0 saturated heterocycles. The van der Waals surface area contributed by atoms with Crippen molar-refractivity contribution in [1.29, 1.82) is 0 Å². The lowest BCUT2D eigenvalue weighted by Crippen LogP contribution is -2.28. The molecule has 1 atom stereocenters. The number of anilines is 1. The fraction of sp³-hybridized carbons (Fsp3) is 0.308. The first-order valence-corrected chi connectivity index (χ1v) is 6.20. The second-order valence-corrected chi connectivity index (χ2v) is 4.21. The molecular weight excluding hydrogens is 283 g/mol. The molecule has 8 heteroatoms. The summed E-state index contributed by atoms with van der Waals surface area (Å²) in [6, 6.07) is 3.97. The number of hydrogen-bond donors (Lipinski definition) is 2. The fourth-order valence-corrected chi connectivity index (χ4v) is 1.72. The number of carboxylic acids is 1. The lowest BCUT2D eigenvalue weighted by atomic mass is 10.1. The van der Waals surface area contributed by atoms with E-state index >= 15 is 0 Å². The lowest BCUT2D eigenvalue weighted by molar-refractivity contribution is -0.129. The minimum Gasteiger partial charge on any atom is -0.491 e. The quantitative estimate of drug-likeness (QED) is 0.855. The van der Waals surface area contributed by atoms with Gasteiger partial charge in [-0.3, -0.25) is 4.79 Å². The third kappa shape index (κ3) is 3.47. The Bertz CT molecular complexity index is 602. The van der Waals surface area contributed by atoms with Gasteiger partial charge in [-0.25, -0.2) is 9.18 Å². The summed E-state index contributed by atoms with van der Waals surface area (Å²) >= 11 is 0. The van der Waals surface area contributed by atoms with Crippen LogP contribution in [0.5, 0.6) is 5.75 Å². The molecule has 1 aromatic carbocycles. The van der Waals surface area contributed by atoms with E-state index in [-0.39, 0.29) is 23.6 Å². The minimum atomic E-state index is -1.24. The number of ether oxygens (including phenoxy) is 1. The number of carbonyl (C=O) groups is 2. The summed E-state index contributed by atoms with van der Waals surface area (Å²) in [5.74, 6) is -2.36. The van der Waals surface area contributed by atoms with E-state index in [1.165, 1.54) is 12.1 Å². The topological polar surface area (TPSA) is 97.2 Å². The molecule has 1 amide bonds. The van der Waals surface area contributed by atoms with E-state index in [1.807, 2.05) is 0 Å². The van der Waals surface area contributed by atoms with Gasteiger partial charge in [-0.05, 0) is 19.1 Å². The number of amides is 1. The molecule has 1 aliphatic rings. The summed E-state index contributed by atoms with van der Waals surface area (Å²) < 4.78 is 18.7. The summed E-state index contributed by atoms with van der Waals surface area (Å²) in [7, 11) is 0. The number of nitrogens with zero attached hydrogens (tertiary/aromatic N) is 1. The maximum Gasteiger partial charge on any atom is 0.353 e. The van der Waals surface area contributed by atoms with Crippen LogP contribution in [-0.4, -0.2) is 35.4 Å². The Labute approximate surface area is 119 Å². The molecule has 1 aromatic rings. The molecule has 1 aliphatic heterocycles. The van der Waals surface area contributed by atoms with Crippen molar-refractivity contribution in [3.63, 3.8) is 0 Å². The number of hydrogen-bond acceptors (Lipinski definition) is 5. The van der Waals surface area contributed by atoms with Crippen LogP contribution in [0.4, 0.5) is 10.1 Å². The highest BCUT2D eigenvalue weighted by Gasteiger charge is 2.31. The highest BCUT2D eigenvalue weighted by Crippen LogP contribution is 2.22. The Balaban J connectivity index is 1.98. The Morgan fingerprint density at radius 3 is 2.90 bits per heavy atom. The van der Waals surface area contributed by atoms with Crippen LogP contribution < -0.4 is 10.1 Å². The van der Waals surface area contributed by atoms with Gasteiger partial charge in [-0.15, -0.1) is 0 Å². The Hall–Kier alpha value is -2.64. The number of carbonyl (C=O) groups excluding carboxylic acids is 1. The van der Waals surface area contributed by atoms with Gasteiger partial charge < -0.3 is 20.0 Å². The third-order valence-electron chi connectivity index (χ3n) is 2.71. The molecule has 0 aromatic heterocycles. The zero-order valence-electron chi connectivity index (χ0n) is 11.1. The van der Waals surface area contributed by atoms with Gasteiger partial charge in [0.25, 0.3) is 5.91 Å². The largest absolute Gasteiger partial charge is 0.491 e. The first-order chi connectivity index (χ1) is 10.0. The molecule has 0 radical (unpaired) electrons. The maximum atomic E-state index is 13.6. The van der Waals surface area contributed by atoms with Crippen LogP contribution >= 0.6 is 0 Å². The Morgan fingerprint density at radius 1 is 1.57 bits per heavy atom. The average molecular weight is 296 g/mol. The van der Waals surface area contributed by atoms with Crippen LogP contribution in [-0.2, 0) is 14.4 Å². The average Bonchev–Trinajstić information content (AvgIpc) is 2.92. The summed E-state index contributed by atoms with van der Waals surface area (Å²) in [4.78, 5) is 27.2. The van der Waals surface area contributed by atoms with Crippen molar-refractivity contribution in [2.45, 2.75) is 19.4 Å². The van der Waals surface area contributed by atoms with Crippen molar-refractivity contribution in [3.8, 4) is 5.75 Å². The first kappa shape index (κ1) is 14.8. The third-order valence-corrected chi connectivity index (χ3v) is 2.71. The molecule has 0 spiro atoms. The minimum absolute atomic E-state index is 0.0871.